The van der Waals surface area contributed by atoms with E-state index in [0.717, 1.165) is 11.6 Å². The van der Waals surface area contributed by atoms with E-state index in [0.29, 0.717) is 17.9 Å². The van der Waals surface area contributed by atoms with Gasteiger partial charge in [0.25, 0.3) is 0 Å². The zero-order valence-electron chi connectivity index (χ0n) is 13.2. The second-order valence-electron chi connectivity index (χ2n) is 6.26. The Morgan fingerprint density at radius 1 is 1.10 bits per heavy atom. The first-order chi connectivity index (χ1) is 9.63. The van der Waals surface area contributed by atoms with Crippen molar-refractivity contribution in [1.29, 1.82) is 0 Å². The van der Waals surface area contributed by atoms with Crippen molar-refractivity contribution >= 4 is 11.6 Å². The molecule has 1 heterocycles. The predicted octanol–water partition coefficient (Wildman–Crippen LogP) is 4.02. The van der Waals surface area contributed by atoms with Crippen LogP contribution in [0.2, 0.25) is 0 Å². The Morgan fingerprint density at radius 2 is 1.80 bits per heavy atom. The second kappa shape index (κ2) is 6.91. The molecule has 0 aromatic carbocycles. The molecule has 0 amide bonds. The number of hydrogen-bond donors (Lipinski definition) is 2. The lowest BCUT2D eigenvalue weighted by Crippen LogP contribution is -2.27. The summed E-state index contributed by atoms with van der Waals surface area (Å²) in [7, 11) is 1.92. The molecule has 0 spiro atoms. The van der Waals surface area contributed by atoms with E-state index in [1.54, 1.807) is 6.33 Å². The molecule has 1 aliphatic carbocycles. The van der Waals surface area contributed by atoms with Crippen molar-refractivity contribution in [2.24, 2.45) is 5.92 Å². The van der Waals surface area contributed by atoms with E-state index in [2.05, 4.69) is 41.4 Å². The SMILES string of the molecule is CNc1ncnc(NC2CCCCCC2C)c1C(C)C. The first-order valence-electron chi connectivity index (χ1n) is 7.92. The molecule has 0 bridgehead atoms. The largest absolute Gasteiger partial charge is 0.373 e. The molecule has 0 saturated heterocycles. The molecule has 2 unspecified atom stereocenters. The van der Waals surface area contributed by atoms with E-state index in [1.165, 1.54) is 37.7 Å². The molecule has 4 nitrogen and oxygen atoms in total. The monoisotopic (exact) mass is 276 g/mol. The minimum Gasteiger partial charge on any atom is -0.373 e. The number of anilines is 2. The van der Waals surface area contributed by atoms with Gasteiger partial charge in [-0.2, -0.15) is 0 Å². The lowest BCUT2D eigenvalue weighted by molar-refractivity contribution is 0.455. The van der Waals surface area contributed by atoms with E-state index in [-0.39, 0.29) is 0 Å². The molecule has 1 saturated carbocycles. The molecule has 2 atom stereocenters. The van der Waals surface area contributed by atoms with Crippen LogP contribution in [-0.4, -0.2) is 23.1 Å². The van der Waals surface area contributed by atoms with Crippen LogP contribution in [0.25, 0.3) is 0 Å². The van der Waals surface area contributed by atoms with Crippen LogP contribution in [-0.2, 0) is 0 Å². The Kier molecular flexibility index (Phi) is 5.21. The maximum Gasteiger partial charge on any atom is 0.135 e. The lowest BCUT2D eigenvalue weighted by atomic mass is 9.96. The summed E-state index contributed by atoms with van der Waals surface area (Å²) in [5.74, 6) is 3.07. The van der Waals surface area contributed by atoms with Crippen molar-refractivity contribution in [2.75, 3.05) is 17.7 Å². The molecule has 112 valence electrons. The summed E-state index contributed by atoms with van der Waals surface area (Å²) in [6.07, 6.45) is 8.27. The molecule has 2 N–H and O–H groups in total. The minimum absolute atomic E-state index is 0.405. The van der Waals surface area contributed by atoms with Crippen molar-refractivity contribution in [2.45, 2.75) is 64.8 Å². The molecule has 2 rings (SSSR count). The summed E-state index contributed by atoms with van der Waals surface area (Å²) in [6.45, 7) is 6.75. The van der Waals surface area contributed by atoms with Gasteiger partial charge in [0, 0.05) is 18.7 Å². The summed E-state index contributed by atoms with van der Waals surface area (Å²) in [5.41, 5.74) is 1.20. The third kappa shape index (κ3) is 3.41. The Labute approximate surface area is 122 Å². The highest BCUT2D eigenvalue weighted by Gasteiger charge is 2.22. The van der Waals surface area contributed by atoms with Gasteiger partial charge in [0.15, 0.2) is 0 Å². The fraction of sp³-hybridized carbons (Fsp3) is 0.750. The molecular formula is C16H28N4. The first kappa shape index (κ1) is 15.1. The standard InChI is InChI=1S/C16H28N4/c1-11(2)14-15(17-4)18-10-19-16(14)20-13-9-7-5-6-8-12(13)3/h10-13H,5-9H2,1-4H3,(H2,17,18,19,20). The van der Waals surface area contributed by atoms with Crippen molar-refractivity contribution in [3.63, 3.8) is 0 Å². The first-order valence-corrected chi connectivity index (χ1v) is 7.92. The topological polar surface area (TPSA) is 49.8 Å². The molecule has 0 radical (unpaired) electrons. The Hall–Kier alpha value is -1.32. The number of aromatic nitrogens is 2. The summed E-state index contributed by atoms with van der Waals surface area (Å²) < 4.78 is 0. The van der Waals surface area contributed by atoms with E-state index in [4.69, 9.17) is 0 Å². The number of nitrogens with zero attached hydrogens (tertiary/aromatic N) is 2. The van der Waals surface area contributed by atoms with E-state index in [9.17, 15) is 0 Å². The Bertz CT molecular complexity index is 430. The summed E-state index contributed by atoms with van der Waals surface area (Å²) >= 11 is 0. The average Bonchev–Trinajstić information content (AvgIpc) is 2.63. The van der Waals surface area contributed by atoms with E-state index in [1.807, 2.05) is 7.05 Å². The number of nitrogens with one attached hydrogen (secondary N) is 2. The fourth-order valence-corrected chi connectivity index (χ4v) is 3.14. The van der Waals surface area contributed by atoms with Gasteiger partial charge < -0.3 is 10.6 Å². The third-order valence-corrected chi connectivity index (χ3v) is 4.38. The minimum atomic E-state index is 0.405. The van der Waals surface area contributed by atoms with Crippen molar-refractivity contribution in [3.8, 4) is 0 Å². The number of rotatable bonds is 4. The van der Waals surface area contributed by atoms with Crippen LogP contribution < -0.4 is 10.6 Å². The van der Waals surface area contributed by atoms with Gasteiger partial charge in [-0.15, -0.1) is 0 Å². The van der Waals surface area contributed by atoms with Gasteiger partial charge in [0.2, 0.25) is 0 Å². The van der Waals surface area contributed by atoms with Gasteiger partial charge >= 0.3 is 0 Å². The quantitative estimate of drug-likeness (QED) is 0.815. The summed E-state index contributed by atoms with van der Waals surface area (Å²) in [4.78, 5) is 8.85. The zero-order chi connectivity index (χ0) is 14.5. The van der Waals surface area contributed by atoms with Crippen LogP contribution in [0.5, 0.6) is 0 Å². The normalized spacial score (nSPS) is 23.4. The summed E-state index contributed by atoms with van der Waals surface area (Å²) in [5, 5.41) is 6.89. The lowest BCUT2D eigenvalue weighted by Gasteiger charge is -2.26. The van der Waals surface area contributed by atoms with Gasteiger partial charge in [-0.05, 0) is 24.7 Å². The highest BCUT2D eigenvalue weighted by molar-refractivity contribution is 5.59. The molecular weight excluding hydrogens is 248 g/mol. The molecule has 0 aliphatic heterocycles. The van der Waals surface area contributed by atoms with Crippen LogP contribution in [0.4, 0.5) is 11.6 Å². The summed E-state index contributed by atoms with van der Waals surface area (Å²) in [6, 6.07) is 0.537. The van der Waals surface area contributed by atoms with Crippen LogP contribution in [0, 0.1) is 5.92 Å². The molecule has 1 aliphatic rings. The van der Waals surface area contributed by atoms with Crippen molar-refractivity contribution in [3.05, 3.63) is 11.9 Å². The number of hydrogen-bond acceptors (Lipinski definition) is 4. The third-order valence-electron chi connectivity index (χ3n) is 4.38. The average molecular weight is 276 g/mol. The fourth-order valence-electron chi connectivity index (χ4n) is 3.14. The van der Waals surface area contributed by atoms with Crippen molar-refractivity contribution < 1.29 is 0 Å². The van der Waals surface area contributed by atoms with Crippen LogP contribution in [0.1, 0.15) is 64.4 Å². The van der Waals surface area contributed by atoms with Gasteiger partial charge in [-0.25, -0.2) is 9.97 Å². The van der Waals surface area contributed by atoms with E-state index < -0.39 is 0 Å². The van der Waals surface area contributed by atoms with Gasteiger partial charge in [-0.1, -0.05) is 40.0 Å². The van der Waals surface area contributed by atoms with Gasteiger partial charge in [0.1, 0.15) is 18.0 Å². The molecule has 1 aromatic heterocycles. The highest BCUT2D eigenvalue weighted by atomic mass is 15.1. The van der Waals surface area contributed by atoms with Crippen LogP contribution >= 0.6 is 0 Å². The molecule has 20 heavy (non-hydrogen) atoms. The molecule has 1 fully saturated rings. The van der Waals surface area contributed by atoms with Gasteiger partial charge in [-0.3, -0.25) is 0 Å². The van der Waals surface area contributed by atoms with Crippen LogP contribution in [0.15, 0.2) is 6.33 Å². The maximum absolute atomic E-state index is 4.51. The zero-order valence-corrected chi connectivity index (χ0v) is 13.2. The van der Waals surface area contributed by atoms with E-state index >= 15 is 0 Å². The second-order valence-corrected chi connectivity index (χ2v) is 6.26. The van der Waals surface area contributed by atoms with Crippen molar-refractivity contribution in [1.82, 2.24) is 9.97 Å². The Morgan fingerprint density at radius 3 is 2.50 bits per heavy atom. The maximum atomic E-state index is 4.51. The Balaban J connectivity index is 2.23. The molecule has 4 heteroatoms. The van der Waals surface area contributed by atoms with Crippen LogP contribution in [0.3, 0.4) is 0 Å². The predicted molar refractivity (Wildman–Crippen MR) is 85.3 cm³/mol. The highest BCUT2D eigenvalue weighted by Crippen LogP contribution is 2.31. The molecule has 1 aromatic rings. The smallest absolute Gasteiger partial charge is 0.135 e. The van der Waals surface area contributed by atoms with Gasteiger partial charge in [0.05, 0.1) is 0 Å².